The number of anilines is 3. The fraction of sp³-hybridized carbons (Fsp3) is 0.333. The van der Waals surface area contributed by atoms with Gasteiger partial charge < -0.3 is 22.5 Å². The van der Waals surface area contributed by atoms with E-state index < -0.39 is 0 Å². The van der Waals surface area contributed by atoms with Gasteiger partial charge in [0.25, 0.3) is 0 Å². The molecule has 0 spiro atoms. The van der Waals surface area contributed by atoms with Crippen LogP contribution in [0.4, 0.5) is 17.3 Å². The third kappa shape index (κ3) is 6.96. The van der Waals surface area contributed by atoms with Crippen LogP contribution in [0.1, 0.15) is 61.1 Å². The molecule has 0 aliphatic heterocycles. The first-order valence-electron chi connectivity index (χ1n) is 11.6. The van der Waals surface area contributed by atoms with E-state index in [0.29, 0.717) is 23.1 Å². The first kappa shape index (κ1) is 24.1. The summed E-state index contributed by atoms with van der Waals surface area (Å²) in [7, 11) is 0. The summed E-state index contributed by atoms with van der Waals surface area (Å²) in [6, 6.07) is 24.3. The number of benzene rings is 2. The van der Waals surface area contributed by atoms with Gasteiger partial charge in [0.1, 0.15) is 11.6 Å². The smallest absolute Gasteiger partial charge is 0.149 e. The molecule has 0 amide bonds. The third-order valence-corrected chi connectivity index (χ3v) is 6.11. The van der Waals surface area contributed by atoms with E-state index in [1.807, 2.05) is 60.7 Å². The van der Waals surface area contributed by atoms with Gasteiger partial charge in [0.2, 0.25) is 0 Å². The van der Waals surface area contributed by atoms with E-state index in [2.05, 4.69) is 16.4 Å². The van der Waals surface area contributed by atoms with Gasteiger partial charge in [0.15, 0.2) is 0 Å². The maximum Gasteiger partial charge on any atom is 0.149 e. The highest BCUT2D eigenvalue weighted by atomic mass is 14.9. The van der Waals surface area contributed by atoms with Crippen LogP contribution in [0.5, 0.6) is 0 Å². The Kier molecular flexibility index (Phi) is 9.10. The molecule has 6 nitrogen and oxygen atoms in total. The number of nitrogen functional groups attached to an aromatic ring is 3. The normalized spacial score (nSPS) is 14.5. The van der Waals surface area contributed by atoms with Crippen LogP contribution in [0, 0.1) is 11.3 Å². The quantitative estimate of drug-likeness (QED) is 0.433. The fourth-order valence-electron chi connectivity index (χ4n) is 4.41. The predicted octanol–water partition coefficient (Wildman–Crippen LogP) is 4.83. The second kappa shape index (κ2) is 12.5. The highest BCUT2D eigenvalue weighted by Gasteiger charge is 2.22. The number of hydrogen-bond donors (Lipinski definition) is 4. The molecular weight excluding hydrogens is 408 g/mol. The maximum absolute atomic E-state index is 9.56. The molecule has 0 bridgehead atoms. The van der Waals surface area contributed by atoms with E-state index in [0.717, 1.165) is 24.1 Å². The molecule has 1 aliphatic rings. The van der Waals surface area contributed by atoms with Gasteiger partial charge in [-0.2, -0.15) is 5.26 Å². The highest BCUT2D eigenvalue weighted by Crippen LogP contribution is 2.36. The molecule has 1 atom stereocenters. The summed E-state index contributed by atoms with van der Waals surface area (Å²) in [5.74, 6) is 0.519. The Labute approximate surface area is 196 Å². The minimum absolute atomic E-state index is 0.0652. The highest BCUT2D eigenvalue weighted by molar-refractivity contribution is 5.69. The van der Waals surface area contributed by atoms with Crippen molar-refractivity contribution in [3.63, 3.8) is 0 Å². The summed E-state index contributed by atoms with van der Waals surface area (Å²) in [6.07, 6.45) is 7.20. The zero-order valence-corrected chi connectivity index (χ0v) is 19.1. The monoisotopic (exact) mass is 442 g/mol. The summed E-state index contributed by atoms with van der Waals surface area (Å²) in [6.45, 7) is 0.844. The first-order chi connectivity index (χ1) is 16.1. The molecular formula is C27H34N6. The molecule has 1 unspecified atom stereocenters. The van der Waals surface area contributed by atoms with Crippen LogP contribution in [0.3, 0.4) is 0 Å². The molecule has 1 aliphatic carbocycles. The van der Waals surface area contributed by atoms with E-state index in [1.54, 1.807) is 6.07 Å². The average Bonchev–Trinajstić information content (AvgIpc) is 2.86. The number of nitriles is 1. The van der Waals surface area contributed by atoms with Crippen molar-refractivity contribution in [1.29, 1.82) is 5.26 Å². The van der Waals surface area contributed by atoms with E-state index in [4.69, 9.17) is 17.2 Å². The van der Waals surface area contributed by atoms with Crippen molar-refractivity contribution in [2.75, 3.05) is 23.7 Å². The zero-order chi connectivity index (χ0) is 23.5. The molecule has 0 saturated heterocycles. The van der Waals surface area contributed by atoms with Gasteiger partial charge in [-0.3, -0.25) is 0 Å². The zero-order valence-electron chi connectivity index (χ0n) is 19.1. The van der Waals surface area contributed by atoms with Gasteiger partial charge in [0, 0.05) is 12.0 Å². The van der Waals surface area contributed by atoms with Crippen molar-refractivity contribution in [3.05, 3.63) is 83.4 Å². The number of nitrogens with two attached hydrogens (primary N) is 3. The Morgan fingerprint density at radius 3 is 2.18 bits per heavy atom. The molecule has 1 saturated carbocycles. The van der Waals surface area contributed by atoms with E-state index in [-0.39, 0.29) is 11.7 Å². The molecule has 33 heavy (non-hydrogen) atoms. The number of hydrogen-bond acceptors (Lipinski definition) is 6. The Bertz CT molecular complexity index is 1010. The third-order valence-electron chi connectivity index (χ3n) is 6.11. The predicted molar refractivity (Wildman–Crippen MR) is 136 cm³/mol. The van der Waals surface area contributed by atoms with Crippen LogP contribution in [-0.4, -0.2) is 17.6 Å². The van der Waals surface area contributed by atoms with Crippen LogP contribution in [0.25, 0.3) is 0 Å². The van der Waals surface area contributed by atoms with E-state index in [1.165, 1.54) is 32.1 Å². The van der Waals surface area contributed by atoms with Crippen molar-refractivity contribution in [1.82, 2.24) is 10.3 Å². The van der Waals surface area contributed by atoms with E-state index in [9.17, 15) is 5.26 Å². The van der Waals surface area contributed by atoms with Crippen LogP contribution in [-0.2, 0) is 0 Å². The summed E-state index contributed by atoms with van der Waals surface area (Å²) in [5, 5.41) is 13.2. The molecule has 1 aromatic heterocycles. The molecule has 172 valence electrons. The Morgan fingerprint density at radius 2 is 1.55 bits per heavy atom. The second-order valence-electron chi connectivity index (χ2n) is 8.42. The molecule has 3 aromatic rings. The van der Waals surface area contributed by atoms with Gasteiger partial charge in [-0.25, -0.2) is 4.98 Å². The molecule has 1 fully saturated rings. The Hall–Kier alpha value is -3.56. The summed E-state index contributed by atoms with van der Waals surface area (Å²) < 4.78 is 0. The van der Waals surface area contributed by atoms with Gasteiger partial charge in [-0.1, -0.05) is 73.9 Å². The summed E-state index contributed by atoms with van der Waals surface area (Å²) in [5.41, 5.74) is 21.0. The van der Waals surface area contributed by atoms with Gasteiger partial charge in [-0.05, 0) is 49.1 Å². The van der Waals surface area contributed by atoms with Crippen LogP contribution < -0.4 is 22.5 Å². The summed E-state index contributed by atoms with van der Waals surface area (Å²) >= 11 is 0. The van der Waals surface area contributed by atoms with Crippen molar-refractivity contribution >= 4 is 17.3 Å². The lowest BCUT2D eigenvalue weighted by atomic mass is 9.85. The minimum Gasteiger partial charge on any atom is -0.396 e. The summed E-state index contributed by atoms with van der Waals surface area (Å²) in [4.78, 5) is 4.06. The van der Waals surface area contributed by atoms with Crippen LogP contribution in [0.15, 0.2) is 66.7 Å². The molecule has 4 rings (SSSR count). The first-order valence-corrected chi connectivity index (χ1v) is 11.6. The molecule has 0 radical (unpaired) electrons. The van der Waals surface area contributed by atoms with Crippen molar-refractivity contribution in [2.24, 2.45) is 0 Å². The lowest BCUT2D eigenvalue weighted by Crippen LogP contribution is -2.32. The molecule has 6 heteroatoms. The lowest BCUT2D eigenvalue weighted by Gasteiger charge is -2.26. The SMILES string of the molecule is N#Cc1ccccc1C(CCNC1CCCCC1)c1cc(N)nc(N)c1N.c1ccccc1. The topological polar surface area (TPSA) is 127 Å². The van der Waals surface area contributed by atoms with Gasteiger partial charge in [0.05, 0.1) is 17.3 Å². The number of nitrogens with zero attached hydrogens (tertiary/aromatic N) is 2. The maximum atomic E-state index is 9.56. The van der Waals surface area contributed by atoms with Crippen LogP contribution in [0.2, 0.25) is 0 Å². The Morgan fingerprint density at radius 1 is 0.909 bits per heavy atom. The number of rotatable bonds is 6. The standard InChI is InChI=1S/C21H28N6.C6H6/c22-13-14-6-4-5-9-16(14)17(10-11-26-15-7-2-1-3-8-15)18-12-19(23)27-21(25)20(18)24;1-2-4-6-5-3-1/h4-6,9,12,15,17,26H,1-3,7-8,10-11,24H2,(H4,23,25,27);1-6H. The Balaban J connectivity index is 0.000000442. The van der Waals surface area contributed by atoms with Crippen molar-refractivity contribution < 1.29 is 0 Å². The van der Waals surface area contributed by atoms with Crippen molar-refractivity contribution in [3.8, 4) is 6.07 Å². The minimum atomic E-state index is -0.0652. The number of nitrogens with one attached hydrogen (secondary N) is 1. The van der Waals surface area contributed by atoms with Crippen LogP contribution >= 0.6 is 0 Å². The molecule has 1 heterocycles. The van der Waals surface area contributed by atoms with E-state index >= 15 is 0 Å². The fourth-order valence-corrected chi connectivity index (χ4v) is 4.41. The lowest BCUT2D eigenvalue weighted by molar-refractivity contribution is 0.370. The van der Waals surface area contributed by atoms with Crippen molar-refractivity contribution in [2.45, 2.75) is 50.5 Å². The molecule has 2 aromatic carbocycles. The largest absolute Gasteiger partial charge is 0.396 e. The second-order valence-corrected chi connectivity index (χ2v) is 8.42. The average molecular weight is 443 g/mol. The van der Waals surface area contributed by atoms with Gasteiger partial charge >= 0.3 is 0 Å². The number of pyridine rings is 1. The molecule has 7 N–H and O–H groups in total. The number of aromatic nitrogens is 1. The van der Waals surface area contributed by atoms with Gasteiger partial charge in [-0.15, -0.1) is 0 Å².